The molecule has 5 heteroatoms. The highest BCUT2D eigenvalue weighted by atomic mass is 16.3. The number of hydrogen-bond donors (Lipinski definition) is 0. The molecule has 124 valence electrons. The molecule has 0 spiro atoms. The molecular weight excluding hydrogens is 300 g/mol. The molecule has 3 heterocycles. The Bertz CT molecular complexity index is 809. The monoisotopic (exact) mass is 322 g/mol. The van der Waals surface area contributed by atoms with Crippen molar-refractivity contribution in [1.29, 1.82) is 0 Å². The van der Waals surface area contributed by atoms with Crippen LogP contribution in [0.4, 0.5) is 0 Å². The summed E-state index contributed by atoms with van der Waals surface area (Å²) in [4.78, 5) is 16.1. The molecule has 1 aliphatic heterocycles. The zero-order valence-electron chi connectivity index (χ0n) is 14.0. The molecule has 1 aliphatic rings. The van der Waals surface area contributed by atoms with Crippen molar-refractivity contribution in [3.05, 3.63) is 53.4 Å². The van der Waals surface area contributed by atoms with Gasteiger partial charge in [0.05, 0.1) is 5.69 Å². The van der Waals surface area contributed by atoms with E-state index in [1.807, 2.05) is 30.5 Å². The van der Waals surface area contributed by atoms with E-state index >= 15 is 0 Å². The second kappa shape index (κ2) is 6.69. The fourth-order valence-electron chi connectivity index (χ4n) is 3.24. The third-order valence-electron chi connectivity index (χ3n) is 4.59. The molecule has 0 saturated carbocycles. The minimum absolute atomic E-state index is 0.837. The number of para-hydroxylation sites is 2. The Labute approximate surface area is 141 Å². The van der Waals surface area contributed by atoms with E-state index in [9.17, 15) is 0 Å². The highest BCUT2D eigenvalue weighted by molar-refractivity contribution is 5.72. The third kappa shape index (κ3) is 3.17. The maximum absolute atomic E-state index is 5.79. The van der Waals surface area contributed by atoms with Gasteiger partial charge in [-0.25, -0.2) is 15.0 Å². The number of nitrogens with zero attached hydrogens (tertiary/aromatic N) is 4. The molecule has 2 aromatic heterocycles. The highest BCUT2D eigenvalue weighted by Crippen LogP contribution is 2.18. The molecule has 0 saturated heterocycles. The van der Waals surface area contributed by atoms with Crippen LogP contribution in [-0.2, 0) is 25.8 Å². The van der Waals surface area contributed by atoms with Crippen LogP contribution in [-0.4, -0.2) is 32.9 Å². The molecule has 0 bridgehead atoms. The number of oxazole rings is 1. The highest BCUT2D eigenvalue weighted by Gasteiger charge is 2.18. The molecule has 0 unspecified atom stereocenters. The van der Waals surface area contributed by atoms with E-state index in [0.717, 1.165) is 68.1 Å². The largest absolute Gasteiger partial charge is 0.441 e. The Hall–Kier alpha value is -2.27. The number of fused-ring (bicyclic) bond motifs is 2. The van der Waals surface area contributed by atoms with Crippen molar-refractivity contribution in [2.24, 2.45) is 0 Å². The summed E-state index contributed by atoms with van der Waals surface area (Å²) in [7, 11) is 0. The molecule has 0 N–H and O–H groups in total. The van der Waals surface area contributed by atoms with Crippen LogP contribution in [0.2, 0.25) is 0 Å². The topological polar surface area (TPSA) is 55.1 Å². The van der Waals surface area contributed by atoms with Gasteiger partial charge in [0.1, 0.15) is 11.3 Å². The first-order valence-corrected chi connectivity index (χ1v) is 8.72. The number of aryl methyl sites for hydroxylation is 2. The molecule has 4 rings (SSSR count). The minimum atomic E-state index is 0.837. The third-order valence-corrected chi connectivity index (χ3v) is 4.59. The van der Waals surface area contributed by atoms with Crippen LogP contribution in [0.1, 0.15) is 36.3 Å². The number of benzene rings is 1. The first-order chi connectivity index (χ1) is 11.8. The minimum Gasteiger partial charge on any atom is -0.441 e. The van der Waals surface area contributed by atoms with Crippen molar-refractivity contribution in [3.8, 4) is 0 Å². The van der Waals surface area contributed by atoms with Crippen molar-refractivity contribution in [2.75, 3.05) is 13.1 Å². The second-order valence-electron chi connectivity index (χ2n) is 6.32. The molecule has 1 aromatic carbocycles. The van der Waals surface area contributed by atoms with Gasteiger partial charge in [-0.05, 0) is 37.1 Å². The lowest BCUT2D eigenvalue weighted by Gasteiger charge is -2.27. The van der Waals surface area contributed by atoms with Gasteiger partial charge in [0.2, 0.25) is 0 Å². The van der Waals surface area contributed by atoms with Gasteiger partial charge in [-0.3, -0.25) is 4.90 Å². The summed E-state index contributed by atoms with van der Waals surface area (Å²) in [5.74, 6) is 1.78. The fraction of sp³-hybridized carbons (Fsp3) is 0.421. The van der Waals surface area contributed by atoms with Crippen LogP contribution in [0.3, 0.4) is 0 Å². The maximum atomic E-state index is 5.79. The summed E-state index contributed by atoms with van der Waals surface area (Å²) in [5, 5.41) is 0. The average molecular weight is 322 g/mol. The molecule has 0 aliphatic carbocycles. The normalized spacial score (nSPS) is 14.9. The Kier molecular flexibility index (Phi) is 4.26. The summed E-state index contributed by atoms with van der Waals surface area (Å²) in [6, 6.07) is 7.94. The summed E-state index contributed by atoms with van der Waals surface area (Å²) in [6.45, 7) is 5.15. The smallest absolute Gasteiger partial charge is 0.195 e. The Morgan fingerprint density at radius 3 is 3.00 bits per heavy atom. The van der Waals surface area contributed by atoms with Gasteiger partial charge in [-0.15, -0.1) is 0 Å². The number of aromatic nitrogens is 3. The van der Waals surface area contributed by atoms with Crippen LogP contribution in [0.5, 0.6) is 0 Å². The van der Waals surface area contributed by atoms with Crippen molar-refractivity contribution < 1.29 is 4.42 Å². The van der Waals surface area contributed by atoms with E-state index in [1.54, 1.807) is 0 Å². The summed E-state index contributed by atoms with van der Waals surface area (Å²) in [6.07, 6.45) is 5.87. The first-order valence-electron chi connectivity index (χ1n) is 8.72. The number of hydrogen-bond acceptors (Lipinski definition) is 5. The molecule has 3 aromatic rings. The van der Waals surface area contributed by atoms with Gasteiger partial charge >= 0.3 is 0 Å². The SMILES string of the molecule is CCc1ncc2c(n1)CN(CCCc1nc3ccccc3o1)CC2. The summed E-state index contributed by atoms with van der Waals surface area (Å²) in [5.41, 5.74) is 4.34. The van der Waals surface area contributed by atoms with E-state index in [-0.39, 0.29) is 0 Å². The van der Waals surface area contributed by atoms with Crippen molar-refractivity contribution in [1.82, 2.24) is 19.9 Å². The van der Waals surface area contributed by atoms with Gasteiger partial charge in [-0.1, -0.05) is 19.1 Å². The van der Waals surface area contributed by atoms with E-state index in [0.29, 0.717) is 0 Å². The van der Waals surface area contributed by atoms with E-state index in [4.69, 9.17) is 9.40 Å². The molecule has 0 amide bonds. The van der Waals surface area contributed by atoms with Crippen molar-refractivity contribution >= 4 is 11.1 Å². The van der Waals surface area contributed by atoms with E-state index in [1.165, 1.54) is 11.3 Å². The van der Waals surface area contributed by atoms with Crippen LogP contribution in [0.25, 0.3) is 11.1 Å². The van der Waals surface area contributed by atoms with Gasteiger partial charge in [0, 0.05) is 32.1 Å². The Balaban J connectivity index is 1.34. The predicted octanol–water partition coefficient (Wildman–Crippen LogP) is 3.17. The van der Waals surface area contributed by atoms with Gasteiger partial charge in [0.15, 0.2) is 11.5 Å². The molecule has 0 atom stereocenters. The molecular formula is C19H22N4O. The van der Waals surface area contributed by atoms with Gasteiger partial charge < -0.3 is 4.42 Å². The summed E-state index contributed by atoms with van der Waals surface area (Å²) >= 11 is 0. The lowest BCUT2D eigenvalue weighted by atomic mass is 10.1. The van der Waals surface area contributed by atoms with Gasteiger partial charge in [-0.2, -0.15) is 0 Å². The maximum Gasteiger partial charge on any atom is 0.195 e. The van der Waals surface area contributed by atoms with Crippen LogP contribution >= 0.6 is 0 Å². The van der Waals surface area contributed by atoms with Crippen molar-refractivity contribution in [2.45, 2.75) is 39.2 Å². The van der Waals surface area contributed by atoms with E-state index in [2.05, 4.69) is 21.8 Å². The fourth-order valence-corrected chi connectivity index (χ4v) is 3.24. The van der Waals surface area contributed by atoms with Crippen LogP contribution in [0, 0.1) is 0 Å². The lowest BCUT2D eigenvalue weighted by molar-refractivity contribution is 0.244. The summed E-state index contributed by atoms with van der Waals surface area (Å²) < 4.78 is 5.79. The Morgan fingerprint density at radius 2 is 2.12 bits per heavy atom. The van der Waals surface area contributed by atoms with Crippen molar-refractivity contribution in [3.63, 3.8) is 0 Å². The van der Waals surface area contributed by atoms with E-state index < -0.39 is 0 Å². The quantitative estimate of drug-likeness (QED) is 0.722. The predicted molar refractivity (Wildman–Crippen MR) is 92.7 cm³/mol. The molecule has 5 nitrogen and oxygen atoms in total. The second-order valence-corrected chi connectivity index (χ2v) is 6.32. The average Bonchev–Trinajstić information content (AvgIpc) is 3.04. The molecule has 24 heavy (non-hydrogen) atoms. The standard InChI is InChI=1S/C19H22N4O/c1-2-18-20-12-14-9-11-23(13-16(14)21-18)10-5-8-19-22-15-6-3-4-7-17(15)24-19/h3-4,6-7,12H,2,5,8-11,13H2,1H3. The molecule has 0 radical (unpaired) electrons. The lowest BCUT2D eigenvalue weighted by Crippen LogP contribution is -2.32. The van der Waals surface area contributed by atoms with Crippen LogP contribution in [0.15, 0.2) is 34.9 Å². The first kappa shape index (κ1) is 15.3. The number of rotatable bonds is 5. The zero-order chi connectivity index (χ0) is 16.4. The molecule has 0 fully saturated rings. The van der Waals surface area contributed by atoms with Crippen LogP contribution < -0.4 is 0 Å². The Morgan fingerprint density at radius 1 is 1.21 bits per heavy atom. The van der Waals surface area contributed by atoms with Gasteiger partial charge in [0.25, 0.3) is 0 Å². The zero-order valence-corrected chi connectivity index (χ0v) is 14.0.